The molecule has 0 spiro atoms. The zero-order chi connectivity index (χ0) is 17.3. The topological polar surface area (TPSA) is 57.0 Å². The molecule has 3 heterocycles. The number of guanidine groups is 1. The van der Waals surface area contributed by atoms with Gasteiger partial charge in [0.05, 0.1) is 12.2 Å². The van der Waals surface area contributed by atoms with Crippen LogP contribution in [-0.4, -0.2) is 59.5 Å². The van der Waals surface area contributed by atoms with Crippen LogP contribution >= 0.6 is 0 Å². The summed E-state index contributed by atoms with van der Waals surface area (Å²) in [6.45, 7) is 8.18. The standard InChI is InChI=1S/C19H30N6/c1-2-20-19(22-11-15-24-12-5-3-6-13-24)21-10-9-17-16-25-14-7-4-8-18(25)23-17/h4,7-8,14,16H,2-3,5-6,9-13,15H2,1H3,(H2,20,21,22). The van der Waals surface area contributed by atoms with Gasteiger partial charge in [-0.05, 0) is 45.0 Å². The maximum atomic E-state index is 4.71. The van der Waals surface area contributed by atoms with Crippen molar-refractivity contribution in [3.63, 3.8) is 0 Å². The third kappa shape index (κ3) is 5.46. The van der Waals surface area contributed by atoms with E-state index >= 15 is 0 Å². The summed E-state index contributed by atoms with van der Waals surface area (Å²) in [7, 11) is 0. The van der Waals surface area contributed by atoms with Crippen molar-refractivity contribution in [2.45, 2.75) is 32.6 Å². The molecular formula is C19H30N6. The van der Waals surface area contributed by atoms with Gasteiger partial charge in [0, 0.05) is 38.4 Å². The SMILES string of the molecule is CCNC(=NCCN1CCCCC1)NCCc1cn2ccccc2n1. The van der Waals surface area contributed by atoms with Gasteiger partial charge in [-0.1, -0.05) is 12.5 Å². The molecule has 25 heavy (non-hydrogen) atoms. The molecular weight excluding hydrogens is 312 g/mol. The van der Waals surface area contributed by atoms with Gasteiger partial charge in [0.25, 0.3) is 0 Å². The van der Waals surface area contributed by atoms with Crippen LogP contribution in [0.1, 0.15) is 31.9 Å². The first-order chi connectivity index (χ1) is 12.3. The van der Waals surface area contributed by atoms with Gasteiger partial charge in [-0.3, -0.25) is 4.99 Å². The van der Waals surface area contributed by atoms with E-state index in [1.807, 2.05) is 24.4 Å². The zero-order valence-electron chi connectivity index (χ0n) is 15.2. The van der Waals surface area contributed by atoms with Gasteiger partial charge in [-0.25, -0.2) is 4.98 Å². The second kappa shape index (κ2) is 9.42. The number of likely N-dealkylation sites (tertiary alicyclic amines) is 1. The molecule has 136 valence electrons. The number of aromatic nitrogens is 2. The Bertz CT molecular complexity index is 638. The Morgan fingerprint density at radius 2 is 2.08 bits per heavy atom. The van der Waals surface area contributed by atoms with E-state index in [0.717, 1.165) is 49.9 Å². The molecule has 0 aliphatic carbocycles. The van der Waals surface area contributed by atoms with Crippen LogP contribution in [0.3, 0.4) is 0 Å². The number of aliphatic imine (C=N–C) groups is 1. The van der Waals surface area contributed by atoms with Crippen LogP contribution in [0.15, 0.2) is 35.6 Å². The number of piperidine rings is 1. The lowest BCUT2D eigenvalue weighted by atomic mass is 10.1. The highest BCUT2D eigenvalue weighted by Gasteiger charge is 2.09. The fraction of sp³-hybridized carbons (Fsp3) is 0.579. The van der Waals surface area contributed by atoms with Crippen molar-refractivity contribution < 1.29 is 0 Å². The number of nitrogens with zero attached hydrogens (tertiary/aromatic N) is 4. The van der Waals surface area contributed by atoms with E-state index in [4.69, 9.17) is 4.99 Å². The molecule has 1 fully saturated rings. The van der Waals surface area contributed by atoms with Crippen molar-refractivity contribution >= 4 is 11.6 Å². The van der Waals surface area contributed by atoms with Gasteiger partial charge >= 0.3 is 0 Å². The van der Waals surface area contributed by atoms with Crippen LogP contribution in [0.2, 0.25) is 0 Å². The number of rotatable bonds is 7. The molecule has 0 bridgehead atoms. The molecule has 0 atom stereocenters. The summed E-state index contributed by atoms with van der Waals surface area (Å²) in [5.74, 6) is 0.906. The first-order valence-corrected chi connectivity index (χ1v) is 9.52. The van der Waals surface area contributed by atoms with Gasteiger partial charge in [0.2, 0.25) is 0 Å². The number of pyridine rings is 1. The summed E-state index contributed by atoms with van der Waals surface area (Å²) in [5.41, 5.74) is 2.10. The van der Waals surface area contributed by atoms with Gasteiger partial charge in [0.15, 0.2) is 5.96 Å². The van der Waals surface area contributed by atoms with Crippen LogP contribution in [0.25, 0.3) is 5.65 Å². The molecule has 2 aromatic rings. The van der Waals surface area contributed by atoms with E-state index in [-0.39, 0.29) is 0 Å². The Morgan fingerprint density at radius 3 is 2.88 bits per heavy atom. The van der Waals surface area contributed by atoms with E-state index < -0.39 is 0 Å². The molecule has 3 rings (SSSR count). The van der Waals surface area contributed by atoms with Crippen molar-refractivity contribution in [1.29, 1.82) is 0 Å². The average Bonchev–Trinajstić information content (AvgIpc) is 3.05. The summed E-state index contributed by atoms with van der Waals surface area (Å²) < 4.78 is 2.06. The van der Waals surface area contributed by atoms with Gasteiger partial charge in [0.1, 0.15) is 5.65 Å². The number of hydrogen-bond donors (Lipinski definition) is 2. The van der Waals surface area contributed by atoms with Gasteiger partial charge < -0.3 is 19.9 Å². The average molecular weight is 342 g/mol. The van der Waals surface area contributed by atoms with Crippen LogP contribution in [0, 0.1) is 0 Å². The minimum atomic E-state index is 0.833. The maximum Gasteiger partial charge on any atom is 0.191 e. The highest BCUT2D eigenvalue weighted by molar-refractivity contribution is 5.79. The first kappa shape index (κ1) is 17.7. The van der Waals surface area contributed by atoms with E-state index in [9.17, 15) is 0 Å². The Kier molecular flexibility index (Phi) is 6.68. The third-order valence-electron chi connectivity index (χ3n) is 4.57. The molecule has 2 aromatic heterocycles. The van der Waals surface area contributed by atoms with Gasteiger partial charge in [-0.2, -0.15) is 0 Å². The van der Waals surface area contributed by atoms with Gasteiger partial charge in [-0.15, -0.1) is 0 Å². The predicted molar refractivity (Wildman–Crippen MR) is 103 cm³/mol. The fourth-order valence-corrected chi connectivity index (χ4v) is 3.24. The molecule has 6 nitrogen and oxygen atoms in total. The molecule has 0 aromatic carbocycles. The van der Waals surface area contributed by atoms with Crippen LogP contribution in [0.4, 0.5) is 0 Å². The summed E-state index contributed by atoms with van der Waals surface area (Å²) >= 11 is 0. The van der Waals surface area contributed by atoms with Crippen LogP contribution in [0.5, 0.6) is 0 Å². The number of fused-ring (bicyclic) bond motifs is 1. The monoisotopic (exact) mass is 342 g/mol. The largest absolute Gasteiger partial charge is 0.357 e. The Morgan fingerprint density at radius 1 is 1.20 bits per heavy atom. The molecule has 1 saturated heterocycles. The van der Waals surface area contributed by atoms with Crippen molar-refractivity contribution in [3.05, 3.63) is 36.3 Å². The molecule has 2 N–H and O–H groups in total. The number of nitrogens with one attached hydrogen (secondary N) is 2. The molecule has 0 amide bonds. The Labute approximate surface area is 150 Å². The molecule has 0 unspecified atom stereocenters. The molecule has 0 radical (unpaired) electrons. The van der Waals surface area contributed by atoms with Crippen LogP contribution in [-0.2, 0) is 6.42 Å². The highest BCUT2D eigenvalue weighted by Crippen LogP contribution is 2.07. The number of hydrogen-bond acceptors (Lipinski definition) is 3. The summed E-state index contributed by atoms with van der Waals surface area (Å²) in [5, 5.41) is 6.75. The quantitative estimate of drug-likeness (QED) is 0.596. The fourth-order valence-electron chi connectivity index (χ4n) is 3.24. The molecule has 1 aliphatic rings. The first-order valence-electron chi connectivity index (χ1n) is 9.52. The Balaban J connectivity index is 1.44. The van der Waals surface area contributed by atoms with Crippen LogP contribution < -0.4 is 10.6 Å². The second-order valence-electron chi connectivity index (χ2n) is 6.54. The van der Waals surface area contributed by atoms with E-state index in [2.05, 4.69) is 38.0 Å². The second-order valence-corrected chi connectivity index (χ2v) is 6.54. The minimum Gasteiger partial charge on any atom is -0.357 e. The molecule has 0 saturated carbocycles. The summed E-state index contributed by atoms with van der Waals surface area (Å²) in [4.78, 5) is 11.9. The maximum absolute atomic E-state index is 4.71. The summed E-state index contributed by atoms with van der Waals surface area (Å²) in [6, 6.07) is 6.07. The Hall–Kier alpha value is -2.08. The lowest BCUT2D eigenvalue weighted by molar-refractivity contribution is 0.235. The van der Waals surface area contributed by atoms with E-state index in [1.54, 1.807) is 0 Å². The van der Waals surface area contributed by atoms with Crippen molar-refractivity contribution in [2.75, 3.05) is 39.3 Å². The third-order valence-corrected chi connectivity index (χ3v) is 4.57. The number of imidazole rings is 1. The lowest BCUT2D eigenvalue weighted by Crippen LogP contribution is -2.39. The zero-order valence-corrected chi connectivity index (χ0v) is 15.2. The van der Waals surface area contributed by atoms with Crippen molar-refractivity contribution in [2.24, 2.45) is 4.99 Å². The molecule has 1 aliphatic heterocycles. The minimum absolute atomic E-state index is 0.833. The summed E-state index contributed by atoms with van der Waals surface area (Å²) in [6.07, 6.45) is 9.07. The molecule has 6 heteroatoms. The van der Waals surface area contributed by atoms with E-state index in [0.29, 0.717) is 0 Å². The van der Waals surface area contributed by atoms with Crippen molar-refractivity contribution in [1.82, 2.24) is 24.9 Å². The predicted octanol–water partition coefficient (Wildman–Crippen LogP) is 1.92. The highest BCUT2D eigenvalue weighted by atomic mass is 15.2. The lowest BCUT2D eigenvalue weighted by Gasteiger charge is -2.25. The van der Waals surface area contributed by atoms with E-state index in [1.165, 1.54) is 32.4 Å². The van der Waals surface area contributed by atoms with Crippen molar-refractivity contribution in [3.8, 4) is 0 Å². The smallest absolute Gasteiger partial charge is 0.191 e. The normalized spacial score (nSPS) is 16.3.